The van der Waals surface area contributed by atoms with Crippen LogP contribution in [0.5, 0.6) is 5.75 Å². The van der Waals surface area contributed by atoms with Crippen LogP contribution in [0.25, 0.3) is 11.3 Å². The standard InChI is InChI=1S/C14H16FN3O/c1-8(2)14-17-10(7-12(16)18-14)9-5-4-6-11(19-3)13(9)15/h4-8H,1-3H3,(H2,16,17,18). The fourth-order valence-corrected chi connectivity index (χ4v) is 1.75. The van der Waals surface area contributed by atoms with E-state index in [1.807, 2.05) is 13.8 Å². The van der Waals surface area contributed by atoms with Gasteiger partial charge in [0, 0.05) is 17.5 Å². The molecular weight excluding hydrogens is 245 g/mol. The number of anilines is 1. The van der Waals surface area contributed by atoms with Gasteiger partial charge in [0.05, 0.1) is 12.8 Å². The molecule has 0 amide bonds. The lowest BCUT2D eigenvalue weighted by molar-refractivity contribution is 0.387. The summed E-state index contributed by atoms with van der Waals surface area (Å²) in [6.45, 7) is 3.92. The lowest BCUT2D eigenvalue weighted by atomic mass is 10.1. The first-order chi connectivity index (χ1) is 9.02. The third kappa shape index (κ3) is 2.65. The average Bonchev–Trinajstić information content (AvgIpc) is 2.38. The van der Waals surface area contributed by atoms with Gasteiger partial charge >= 0.3 is 0 Å². The van der Waals surface area contributed by atoms with Crippen molar-refractivity contribution < 1.29 is 9.13 Å². The van der Waals surface area contributed by atoms with Crippen molar-refractivity contribution in [3.63, 3.8) is 0 Å². The van der Waals surface area contributed by atoms with Gasteiger partial charge < -0.3 is 10.5 Å². The van der Waals surface area contributed by atoms with Crippen LogP contribution in [0, 0.1) is 5.82 Å². The number of nitrogens with two attached hydrogens (primary N) is 1. The largest absolute Gasteiger partial charge is 0.494 e. The Labute approximate surface area is 111 Å². The van der Waals surface area contributed by atoms with Gasteiger partial charge in [0.25, 0.3) is 0 Å². The molecule has 4 nitrogen and oxygen atoms in total. The molecule has 19 heavy (non-hydrogen) atoms. The number of methoxy groups -OCH3 is 1. The van der Waals surface area contributed by atoms with E-state index in [2.05, 4.69) is 9.97 Å². The fraction of sp³-hybridized carbons (Fsp3) is 0.286. The van der Waals surface area contributed by atoms with Crippen LogP contribution in [-0.4, -0.2) is 17.1 Å². The molecule has 2 aromatic rings. The van der Waals surface area contributed by atoms with Gasteiger partial charge in [0.15, 0.2) is 11.6 Å². The van der Waals surface area contributed by atoms with Gasteiger partial charge in [0.1, 0.15) is 11.6 Å². The minimum absolute atomic E-state index is 0.121. The average molecular weight is 261 g/mol. The molecule has 2 N–H and O–H groups in total. The summed E-state index contributed by atoms with van der Waals surface area (Å²) in [6, 6.07) is 6.48. The van der Waals surface area contributed by atoms with Crippen molar-refractivity contribution in [2.24, 2.45) is 0 Å². The van der Waals surface area contributed by atoms with Gasteiger partial charge in [-0.3, -0.25) is 0 Å². The molecule has 0 spiro atoms. The molecule has 0 fully saturated rings. The first kappa shape index (κ1) is 13.3. The quantitative estimate of drug-likeness (QED) is 0.922. The number of halogens is 1. The molecule has 1 heterocycles. The van der Waals surface area contributed by atoms with E-state index in [0.717, 1.165) is 0 Å². The lowest BCUT2D eigenvalue weighted by Crippen LogP contribution is -2.03. The maximum atomic E-state index is 14.2. The number of hydrogen-bond acceptors (Lipinski definition) is 4. The zero-order chi connectivity index (χ0) is 14.0. The van der Waals surface area contributed by atoms with E-state index in [-0.39, 0.29) is 11.7 Å². The van der Waals surface area contributed by atoms with E-state index >= 15 is 0 Å². The summed E-state index contributed by atoms with van der Waals surface area (Å²) in [7, 11) is 1.43. The van der Waals surface area contributed by atoms with Crippen LogP contribution in [0.4, 0.5) is 10.2 Å². The number of ether oxygens (including phenoxy) is 1. The molecule has 0 aliphatic rings. The van der Waals surface area contributed by atoms with E-state index < -0.39 is 5.82 Å². The van der Waals surface area contributed by atoms with Crippen LogP contribution in [-0.2, 0) is 0 Å². The number of aromatic nitrogens is 2. The SMILES string of the molecule is COc1cccc(-c2cc(N)nc(C(C)C)n2)c1F. The highest BCUT2D eigenvalue weighted by atomic mass is 19.1. The van der Waals surface area contributed by atoms with Gasteiger partial charge in [0.2, 0.25) is 0 Å². The molecule has 5 heteroatoms. The van der Waals surface area contributed by atoms with Crippen LogP contribution < -0.4 is 10.5 Å². The van der Waals surface area contributed by atoms with Crippen molar-refractivity contribution in [2.45, 2.75) is 19.8 Å². The Bertz CT molecular complexity index is 599. The van der Waals surface area contributed by atoms with Gasteiger partial charge in [-0.25, -0.2) is 14.4 Å². The zero-order valence-electron chi connectivity index (χ0n) is 11.1. The molecule has 0 saturated heterocycles. The van der Waals surface area contributed by atoms with Gasteiger partial charge in [-0.2, -0.15) is 0 Å². The van der Waals surface area contributed by atoms with Crippen LogP contribution >= 0.6 is 0 Å². The molecule has 0 atom stereocenters. The molecule has 0 bridgehead atoms. The fourth-order valence-electron chi connectivity index (χ4n) is 1.75. The predicted molar refractivity (Wildman–Crippen MR) is 72.5 cm³/mol. The van der Waals surface area contributed by atoms with Crippen molar-refractivity contribution in [1.29, 1.82) is 0 Å². The summed E-state index contributed by atoms with van der Waals surface area (Å²) >= 11 is 0. The Morgan fingerprint density at radius 1 is 1.26 bits per heavy atom. The minimum atomic E-state index is -0.446. The van der Waals surface area contributed by atoms with Crippen molar-refractivity contribution >= 4 is 5.82 Å². The van der Waals surface area contributed by atoms with Crippen LogP contribution in [0.15, 0.2) is 24.3 Å². The monoisotopic (exact) mass is 261 g/mol. The summed E-state index contributed by atoms with van der Waals surface area (Å²) in [5.74, 6) is 0.780. The number of nitrogens with zero attached hydrogens (tertiary/aromatic N) is 2. The van der Waals surface area contributed by atoms with Gasteiger partial charge in [-0.1, -0.05) is 19.9 Å². The van der Waals surface area contributed by atoms with Crippen molar-refractivity contribution in [2.75, 3.05) is 12.8 Å². The lowest BCUT2D eigenvalue weighted by Gasteiger charge is -2.10. The molecule has 0 aliphatic heterocycles. The topological polar surface area (TPSA) is 61.0 Å². The molecule has 0 unspecified atom stereocenters. The second kappa shape index (κ2) is 5.22. The van der Waals surface area contributed by atoms with Gasteiger partial charge in [-0.15, -0.1) is 0 Å². The van der Waals surface area contributed by atoms with Crippen molar-refractivity contribution in [3.8, 4) is 17.0 Å². The van der Waals surface area contributed by atoms with Crippen LogP contribution in [0.1, 0.15) is 25.6 Å². The van der Waals surface area contributed by atoms with E-state index in [1.165, 1.54) is 7.11 Å². The minimum Gasteiger partial charge on any atom is -0.494 e. The van der Waals surface area contributed by atoms with E-state index in [9.17, 15) is 4.39 Å². The molecule has 100 valence electrons. The van der Waals surface area contributed by atoms with Crippen LogP contribution in [0.3, 0.4) is 0 Å². The molecular formula is C14H16FN3O. The highest BCUT2D eigenvalue weighted by Gasteiger charge is 2.14. The summed E-state index contributed by atoms with van der Waals surface area (Å²) < 4.78 is 19.2. The van der Waals surface area contributed by atoms with Crippen molar-refractivity contribution in [3.05, 3.63) is 35.9 Å². The van der Waals surface area contributed by atoms with E-state index in [0.29, 0.717) is 22.9 Å². The molecule has 0 aliphatic carbocycles. The third-order valence-corrected chi connectivity index (χ3v) is 2.74. The molecule has 0 radical (unpaired) electrons. The van der Waals surface area contributed by atoms with E-state index in [1.54, 1.807) is 24.3 Å². The Hall–Kier alpha value is -2.17. The predicted octanol–water partition coefficient (Wildman–Crippen LogP) is 3.00. The van der Waals surface area contributed by atoms with Gasteiger partial charge in [-0.05, 0) is 12.1 Å². The number of benzene rings is 1. The maximum absolute atomic E-state index is 14.2. The Kier molecular flexibility index (Phi) is 3.64. The smallest absolute Gasteiger partial charge is 0.174 e. The summed E-state index contributed by atoms with van der Waals surface area (Å²) in [4.78, 5) is 8.50. The molecule has 1 aromatic heterocycles. The number of nitrogen functional groups attached to an aromatic ring is 1. The summed E-state index contributed by atoms with van der Waals surface area (Å²) in [6.07, 6.45) is 0. The zero-order valence-corrected chi connectivity index (χ0v) is 11.1. The summed E-state index contributed by atoms with van der Waals surface area (Å²) in [5.41, 5.74) is 6.57. The summed E-state index contributed by atoms with van der Waals surface area (Å²) in [5, 5.41) is 0. The van der Waals surface area contributed by atoms with Crippen molar-refractivity contribution in [1.82, 2.24) is 9.97 Å². The maximum Gasteiger partial charge on any atom is 0.174 e. The molecule has 0 saturated carbocycles. The number of rotatable bonds is 3. The second-order valence-corrected chi connectivity index (χ2v) is 4.51. The highest BCUT2D eigenvalue weighted by Crippen LogP contribution is 2.29. The van der Waals surface area contributed by atoms with E-state index in [4.69, 9.17) is 10.5 Å². The Morgan fingerprint density at radius 2 is 2.00 bits per heavy atom. The molecule has 1 aromatic carbocycles. The highest BCUT2D eigenvalue weighted by molar-refractivity contribution is 5.64. The first-order valence-electron chi connectivity index (χ1n) is 6.00. The number of hydrogen-bond donors (Lipinski definition) is 1. The second-order valence-electron chi connectivity index (χ2n) is 4.51. The normalized spacial score (nSPS) is 10.8. The Morgan fingerprint density at radius 3 is 2.63 bits per heavy atom. The Balaban J connectivity index is 2.59. The third-order valence-electron chi connectivity index (χ3n) is 2.74. The van der Waals surface area contributed by atoms with Crippen LogP contribution in [0.2, 0.25) is 0 Å². The first-order valence-corrected chi connectivity index (χ1v) is 6.00. The molecule has 2 rings (SSSR count).